The van der Waals surface area contributed by atoms with Crippen LogP contribution >= 0.6 is 0 Å². The van der Waals surface area contributed by atoms with Gasteiger partial charge in [-0.15, -0.1) is 6.42 Å². The van der Waals surface area contributed by atoms with Gasteiger partial charge in [0.15, 0.2) is 0 Å². The van der Waals surface area contributed by atoms with E-state index >= 15 is 0 Å². The van der Waals surface area contributed by atoms with Gasteiger partial charge in [0.2, 0.25) is 8.32 Å². The molecule has 0 saturated carbocycles. The highest BCUT2D eigenvalue weighted by Crippen LogP contribution is 2.21. The highest BCUT2D eigenvalue weighted by molar-refractivity contribution is 6.70. The van der Waals surface area contributed by atoms with E-state index < -0.39 is 8.32 Å². The van der Waals surface area contributed by atoms with Gasteiger partial charge < -0.3 is 9.16 Å². The summed E-state index contributed by atoms with van der Waals surface area (Å²) in [4.78, 5) is 0. The Balaban J connectivity index is 2.71. The first-order chi connectivity index (χ1) is 7.01. The standard InChI is InChI=1S/C12H16O2Si/c1-5-9-13-11-7-6-8-12(10-11)14-15(2,3)4/h1,6-8,10H,9H2,2-4H3. The van der Waals surface area contributed by atoms with Gasteiger partial charge in [-0.05, 0) is 31.8 Å². The molecule has 0 amide bonds. The summed E-state index contributed by atoms with van der Waals surface area (Å²) in [7, 11) is -1.55. The molecule has 0 bridgehead atoms. The predicted molar refractivity (Wildman–Crippen MR) is 64.7 cm³/mol. The summed E-state index contributed by atoms with van der Waals surface area (Å²) in [6.45, 7) is 6.71. The Labute approximate surface area is 92.4 Å². The molecule has 1 aromatic carbocycles. The number of benzene rings is 1. The Morgan fingerprint density at radius 1 is 1.27 bits per heavy atom. The van der Waals surface area contributed by atoms with E-state index in [1.807, 2.05) is 24.3 Å². The molecule has 0 spiro atoms. The highest BCUT2D eigenvalue weighted by atomic mass is 28.4. The molecule has 2 nitrogen and oxygen atoms in total. The van der Waals surface area contributed by atoms with Crippen LogP contribution in [0.4, 0.5) is 0 Å². The lowest BCUT2D eigenvalue weighted by molar-refractivity contribution is 0.368. The van der Waals surface area contributed by atoms with Gasteiger partial charge in [-0.25, -0.2) is 0 Å². The van der Waals surface area contributed by atoms with Gasteiger partial charge in [-0.3, -0.25) is 0 Å². The second-order valence-corrected chi connectivity index (χ2v) is 8.61. The van der Waals surface area contributed by atoms with E-state index in [0.717, 1.165) is 11.5 Å². The fourth-order valence-electron chi connectivity index (χ4n) is 1.11. The van der Waals surface area contributed by atoms with Gasteiger partial charge in [0.05, 0.1) is 0 Å². The van der Waals surface area contributed by atoms with Crippen LogP contribution in [0.1, 0.15) is 0 Å². The summed E-state index contributed by atoms with van der Waals surface area (Å²) in [6, 6.07) is 7.58. The van der Waals surface area contributed by atoms with Crippen LogP contribution in [0.25, 0.3) is 0 Å². The summed E-state index contributed by atoms with van der Waals surface area (Å²) < 4.78 is 11.1. The molecule has 0 atom stereocenters. The van der Waals surface area contributed by atoms with Crippen LogP contribution in [-0.2, 0) is 0 Å². The van der Waals surface area contributed by atoms with Crippen LogP contribution in [0.15, 0.2) is 24.3 Å². The van der Waals surface area contributed by atoms with Gasteiger partial charge in [-0.1, -0.05) is 12.0 Å². The van der Waals surface area contributed by atoms with E-state index in [1.165, 1.54) is 0 Å². The molecule has 0 heterocycles. The fraction of sp³-hybridized carbons (Fsp3) is 0.333. The molecule has 0 aliphatic rings. The van der Waals surface area contributed by atoms with Crippen molar-refractivity contribution in [1.82, 2.24) is 0 Å². The first-order valence-corrected chi connectivity index (χ1v) is 8.27. The van der Waals surface area contributed by atoms with Crippen LogP contribution in [0, 0.1) is 12.3 Å². The van der Waals surface area contributed by atoms with E-state index in [2.05, 4.69) is 25.6 Å². The third kappa shape index (κ3) is 4.57. The van der Waals surface area contributed by atoms with Crippen molar-refractivity contribution in [3.05, 3.63) is 24.3 Å². The number of ether oxygens (including phenoxy) is 1. The van der Waals surface area contributed by atoms with Gasteiger partial charge in [0.25, 0.3) is 0 Å². The SMILES string of the molecule is C#CCOc1cccc(O[Si](C)(C)C)c1. The summed E-state index contributed by atoms with van der Waals surface area (Å²) in [5.74, 6) is 4.03. The molecule has 0 aromatic heterocycles. The van der Waals surface area contributed by atoms with Gasteiger partial charge in [0.1, 0.15) is 18.1 Å². The molecule has 0 unspecified atom stereocenters. The molecule has 3 heteroatoms. The molecule has 0 aliphatic heterocycles. The molecule has 0 N–H and O–H groups in total. The second kappa shape index (κ2) is 4.90. The van der Waals surface area contributed by atoms with Crippen molar-refractivity contribution in [3.63, 3.8) is 0 Å². The lowest BCUT2D eigenvalue weighted by Crippen LogP contribution is -2.29. The van der Waals surface area contributed by atoms with Crippen molar-refractivity contribution >= 4 is 8.32 Å². The minimum absolute atomic E-state index is 0.288. The van der Waals surface area contributed by atoms with E-state index in [9.17, 15) is 0 Å². The zero-order chi connectivity index (χ0) is 11.3. The van der Waals surface area contributed by atoms with Gasteiger partial charge in [-0.2, -0.15) is 0 Å². The summed E-state index contributed by atoms with van der Waals surface area (Å²) in [5.41, 5.74) is 0. The maximum absolute atomic E-state index is 5.83. The monoisotopic (exact) mass is 220 g/mol. The molecule has 15 heavy (non-hydrogen) atoms. The second-order valence-electron chi connectivity index (χ2n) is 4.18. The first kappa shape index (κ1) is 11.7. The van der Waals surface area contributed by atoms with Crippen LogP contribution in [0.2, 0.25) is 19.6 Å². The zero-order valence-electron chi connectivity index (χ0n) is 9.41. The topological polar surface area (TPSA) is 18.5 Å². The predicted octanol–water partition coefficient (Wildman–Crippen LogP) is 2.91. The van der Waals surface area contributed by atoms with Crippen LogP contribution in [0.5, 0.6) is 11.5 Å². The summed E-state index contributed by atoms with van der Waals surface area (Å²) in [6.07, 6.45) is 5.12. The smallest absolute Gasteiger partial charge is 0.242 e. The van der Waals surface area contributed by atoms with E-state index in [1.54, 1.807) is 0 Å². The maximum Gasteiger partial charge on any atom is 0.242 e. The average molecular weight is 220 g/mol. The van der Waals surface area contributed by atoms with Crippen LogP contribution in [-0.4, -0.2) is 14.9 Å². The minimum atomic E-state index is -1.55. The van der Waals surface area contributed by atoms with Crippen molar-refractivity contribution in [2.45, 2.75) is 19.6 Å². The number of hydrogen-bond donors (Lipinski definition) is 0. The quantitative estimate of drug-likeness (QED) is 0.574. The Morgan fingerprint density at radius 3 is 2.53 bits per heavy atom. The molecular formula is C12H16O2Si. The van der Waals surface area contributed by atoms with Crippen molar-refractivity contribution < 1.29 is 9.16 Å². The Morgan fingerprint density at radius 2 is 1.93 bits per heavy atom. The fourth-order valence-corrected chi connectivity index (χ4v) is 1.94. The summed E-state index contributed by atoms with van der Waals surface area (Å²) in [5, 5.41) is 0. The molecule has 0 radical (unpaired) electrons. The molecule has 80 valence electrons. The van der Waals surface area contributed by atoms with Crippen LogP contribution in [0.3, 0.4) is 0 Å². The minimum Gasteiger partial charge on any atom is -0.544 e. The third-order valence-corrected chi connectivity index (χ3v) is 2.40. The lowest BCUT2D eigenvalue weighted by atomic mass is 10.3. The Bertz CT molecular complexity index is 361. The normalized spacial score (nSPS) is 10.5. The molecule has 0 saturated heterocycles. The van der Waals surface area contributed by atoms with Gasteiger partial charge in [0, 0.05) is 6.07 Å². The van der Waals surface area contributed by atoms with Crippen LogP contribution < -0.4 is 9.16 Å². The Kier molecular flexibility index (Phi) is 3.81. The largest absolute Gasteiger partial charge is 0.544 e. The lowest BCUT2D eigenvalue weighted by Gasteiger charge is -2.19. The van der Waals surface area contributed by atoms with Crippen molar-refractivity contribution in [1.29, 1.82) is 0 Å². The molecule has 0 fully saturated rings. The molecule has 1 rings (SSSR count). The molecule has 0 aliphatic carbocycles. The molecule has 1 aromatic rings. The van der Waals surface area contributed by atoms with Crippen molar-refractivity contribution in [2.24, 2.45) is 0 Å². The zero-order valence-corrected chi connectivity index (χ0v) is 10.4. The van der Waals surface area contributed by atoms with E-state index in [0.29, 0.717) is 0 Å². The molecular weight excluding hydrogens is 204 g/mol. The number of terminal acetylenes is 1. The third-order valence-electron chi connectivity index (χ3n) is 1.55. The summed E-state index contributed by atoms with van der Waals surface area (Å²) >= 11 is 0. The Hall–Kier alpha value is -1.40. The number of rotatable bonds is 4. The number of hydrogen-bond acceptors (Lipinski definition) is 2. The van der Waals surface area contributed by atoms with E-state index in [4.69, 9.17) is 15.6 Å². The van der Waals surface area contributed by atoms with Gasteiger partial charge >= 0.3 is 0 Å². The highest BCUT2D eigenvalue weighted by Gasteiger charge is 2.16. The average Bonchev–Trinajstić information content (AvgIpc) is 2.12. The maximum atomic E-state index is 5.83. The van der Waals surface area contributed by atoms with Crippen molar-refractivity contribution in [3.8, 4) is 23.8 Å². The first-order valence-electron chi connectivity index (χ1n) is 4.86. The van der Waals surface area contributed by atoms with Crippen molar-refractivity contribution in [2.75, 3.05) is 6.61 Å². The van der Waals surface area contributed by atoms with E-state index in [-0.39, 0.29) is 6.61 Å².